The van der Waals surface area contributed by atoms with E-state index in [0.29, 0.717) is 16.9 Å². The number of anilines is 2. The van der Waals surface area contributed by atoms with Crippen LogP contribution in [0.2, 0.25) is 0 Å². The van der Waals surface area contributed by atoms with E-state index >= 15 is 0 Å². The first-order valence-corrected chi connectivity index (χ1v) is 9.75. The molecule has 7 heteroatoms. The highest BCUT2D eigenvalue weighted by Gasteiger charge is 2.38. The molecule has 0 unspecified atom stereocenters. The number of aryl methyl sites for hydroxylation is 1. The normalized spacial score (nSPS) is 12.6. The fourth-order valence-electron chi connectivity index (χ4n) is 3.99. The number of carbonyl (C=O) groups excluding carboxylic acids is 2. The Morgan fingerprint density at radius 3 is 2.10 bits per heavy atom. The predicted octanol–water partition coefficient (Wildman–Crippen LogP) is 3.80. The number of ketones is 2. The van der Waals surface area contributed by atoms with Gasteiger partial charge >= 0.3 is 0 Å². The molecule has 0 aromatic heterocycles. The smallest absolute Gasteiger partial charge is 0.200 e. The van der Waals surface area contributed by atoms with Gasteiger partial charge in [0.05, 0.1) is 34.0 Å². The molecule has 0 aliphatic heterocycles. The first-order chi connectivity index (χ1) is 14.6. The molecule has 6 N–H and O–H groups in total. The lowest BCUT2D eigenvalue weighted by molar-refractivity contribution is 0.0975. The zero-order valence-electron chi connectivity index (χ0n) is 17.3. The van der Waals surface area contributed by atoms with Crippen molar-refractivity contribution in [3.8, 4) is 28.4 Å². The van der Waals surface area contributed by atoms with Gasteiger partial charge < -0.3 is 26.4 Å². The zero-order valence-corrected chi connectivity index (χ0v) is 17.3. The lowest BCUT2D eigenvalue weighted by Crippen LogP contribution is -2.24. The number of carbonyl (C=O) groups is 2. The number of rotatable bonds is 3. The van der Waals surface area contributed by atoms with Crippen molar-refractivity contribution < 1.29 is 24.5 Å². The molecule has 3 aromatic rings. The third kappa shape index (κ3) is 3.06. The van der Waals surface area contributed by atoms with Gasteiger partial charge in [0.1, 0.15) is 17.2 Å². The Labute approximate surface area is 178 Å². The summed E-state index contributed by atoms with van der Waals surface area (Å²) in [6.07, 6.45) is 0.00641. The fraction of sp³-hybridized carbons (Fsp3) is 0.167. The minimum Gasteiger partial charge on any atom is -0.507 e. The molecule has 0 amide bonds. The van der Waals surface area contributed by atoms with Crippen LogP contribution in [0.5, 0.6) is 17.2 Å². The molecule has 1 aliphatic carbocycles. The largest absolute Gasteiger partial charge is 0.507 e. The van der Waals surface area contributed by atoms with Gasteiger partial charge in [0.15, 0.2) is 0 Å². The molecule has 3 aromatic carbocycles. The molecule has 0 radical (unpaired) electrons. The van der Waals surface area contributed by atoms with Crippen molar-refractivity contribution >= 4 is 22.9 Å². The summed E-state index contributed by atoms with van der Waals surface area (Å²) in [5.41, 5.74) is 13.5. The lowest BCUT2D eigenvalue weighted by Gasteiger charge is -2.24. The van der Waals surface area contributed by atoms with Gasteiger partial charge in [-0.2, -0.15) is 0 Å². The van der Waals surface area contributed by atoms with Crippen molar-refractivity contribution in [2.75, 3.05) is 11.5 Å². The average Bonchev–Trinajstić information content (AvgIpc) is 2.69. The molecule has 1 aliphatic rings. The maximum atomic E-state index is 13.3. The van der Waals surface area contributed by atoms with Gasteiger partial charge in [-0.05, 0) is 62.2 Å². The molecule has 7 nitrogen and oxygen atoms in total. The van der Waals surface area contributed by atoms with Crippen LogP contribution in [0.15, 0.2) is 36.4 Å². The molecule has 0 bridgehead atoms. The Morgan fingerprint density at radius 2 is 1.45 bits per heavy atom. The van der Waals surface area contributed by atoms with Crippen LogP contribution in [0, 0.1) is 6.92 Å². The Hall–Kier alpha value is -4.00. The van der Waals surface area contributed by atoms with Crippen LogP contribution in [0.25, 0.3) is 11.1 Å². The molecule has 31 heavy (non-hydrogen) atoms. The van der Waals surface area contributed by atoms with Crippen LogP contribution in [0.4, 0.5) is 11.4 Å². The molecule has 0 atom stereocenters. The van der Waals surface area contributed by atoms with Crippen LogP contribution in [0.1, 0.15) is 51.3 Å². The standard InChI is InChI=1S/C24H22N2O5/c1-10(2)31-12-4-5-13(11(3)8-12)14-9-17(28)20-21(22(14)26)24(30)19-16(27)7-6-15(25)18(19)23(20)29/h4-10,27-28H,25-26H2,1-3H3. The van der Waals surface area contributed by atoms with Crippen molar-refractivity contribution in [1.29, 1.82) is 0 Å². The first kappa shape index (κ1) is 20.3. The van der Waals surface area contributed by atoms with Crippen molar-refractivity contribution in [1.82, 2.24) is 0 Å². The maximum Gasteiger partial charge on any atom is 0.200 e. The monoisotopic (exact) mass is 418 g/mol. The average molecular weight is 418 g/mol. The summed E-state index contributed by atoms with van der Waals surface area (Å²) in [5, 5.41) is 20.9. The number of hydrogen-bond donors (Lipinski definition) is 4. The second kappa shape index (κ2) is 7.05. The van der Waals surface area contributed by atoms with E-state index in [4.69, 9.17) is 16.2 Å². The van der Waals surface area contributed by atoms with E-state index in [1.807, 2.05) is 26.8 Å². The number of fused-ring (bicyclic) bond motifs is 2. The summed E-state index contributed by atoms with van der Waals surface area (Å²) in [6.45, 7) is 5.70. The number of aromatic hydroxyl groups is 2. The summed E-state index contributed by atoms with van der Waals surface area (Å²) < 4.78 is 5.71. The number of nitrogen functional groups attached to an aromatic ring is 2. The molecule has 4 rings (SSSR count). The van der Waals surface area contributed by atoms with Crippen molar-refractivity contribution in [2.45, 2.75) is 26.9 Å². The van der Waals surface area contributed by atoms with Gasteiger partial charge in [-0.25, -0.2) is 0 Å². The van der Waals surface area contributed by atoms with Crippen LogP contribution in [-0.4, -0.2) is 27.9 Å². The van der Waals surface area contributed by atoms with E-state index < -0.39 is 11.6 Å². The highest BCUT2D eigenvalue weighted by molar-refractivity contribution is 6.34. The molecular weight excluding hydrogens is 396 g/mol. The second-order valence-electron chi connectivity index (χ2n) is 7.83. The van der Waals surface area contributed by atoms with E-state index in [1.165, 1.54) is 18.2 Å². The number of nitrogens with two attached hydrogens (primary N) is 2. The van der Waals surface area contributed by atoms with Gasteiger partial charge in [-0.15, -0.1) is 0 Å². The number of benzene rings is 3. The molecule has 0 saturated carbocycles. The summed E-state index contributed by atoms with van der Waals surface area (Å²) in [6, 6.07) is 9.34. The van der Waals surface area contributed by atoms with Gasteiger partial charge in [0.2, 0.25) is 11.6 Å². The highest BCUT2D eigenvalue weighted by Crippen LogP contribution is 2.45. The predicted molar refractivity (Wildman–Crippen MR) is 118 cm³/mol. The van der Waals surface area contributed by atoms with E-state index in [2.05, 4.69) is 0 Å². The Balaban J connectivity index is 1.94. The molecule has 158 valence electrons. The third-order valence-corrected chi connectivity index (χ3v) is 5.33. The maximum absolute atomic E-state index is 13.3. The number of phenols is 2. The minimum absolute atomic E-state index is 0.00641. The van der Waals surface area contributed by atoms with E-state index in [1.54, 1.807) is 12.1 Å². The Morgan fingerprint density at radius 1 is 0.806 bits per heavy atom. The van der Waals surface area contributed by atoms with Crippen LogP contribution >= 0.6 is 0 Å². The topological polar surface area (TPSA) is 136 Å². The van der Waals surface area contributed by atoms with Crippen LogP contribution in [-0.2, 0) is 0 Å². The molecule has 0 heterocycles. The Kier molecular flexibility index (Phi) is 4.61. The van der Waals surface area contributed by atoms with Crippen LogP contribution in [0.3, 0.4) is 0 Å². The fourth-order valence-corrected chi connectivity index (χ4v) is 3.99. The summed E-state index contributed by atoms with van der Waals surface area (Å²) >= 11 is 0. The van der Waals surface area contributed by atoms with Gasteiger partial charge in [-0.3, -0.25) is 9.59 Å². The van der Waals surface area contributed by atoms with Crippen molar-refractivity contribution in [3.05, 3.63) is 64.2 Å². The summed E-state index contributed by atoms with van der Waals surface area (Å²) in [4.78, 5) is 26.4. The van der Waals surface area contributed by atoms with Gasteiger partial charge in [0.25, 0.3) is 0 Å². The minimum atomic E-state index is -0.665. The number of phenolic OH excluding ortho intramolecular Hbond substituents is 2. The van der Waals surface area contributed by atoms with Crippen molar-refractivity contribution in [3.63, 3.8) is 0 Å². The first-order valence-electron chi connectivity index (χ1n) is 9.75. The lowest BCUT2D eigenvalue weighted by atomic mass is 9.79. The second-order valence-corrected chi connectivity index (χ2v) is 7.83. The Bertz CT molecular complexity index is 1280. The van der Waals surface area contributed by atoms with E-state index in [0.717, 1.165) is 5.56 Å². The van der Waals surface area contributed by atoms with Gasteiger partial charge in [0, 0.05) is 11.3 Å². The molecule has 0 spiro atoms. The van der Waals surface area contributed by atoms with E-state index in [9.17, 15) is 19.8 Å². The van der Waals surface area contributed by atoms with Crippen molar-refractivity contribution in [2.24, 2.45) is 0 Å². The molecular formula is C24H22N2O5. The summed E-state index contributed by atoms with van der Waals surface area (Å²) in [5.74, 6) is -1.40. The third-order valence-electron chi connectivity index (χ3n) is 5.33. The zero-order chi connectivity index (χ0) is 22.6. The quantitative estimate of drug-likeness (QED) is 0.293. The van der Waals surface area contributed by atoms with Gasteiger partial charge in [-0.1, -0.05) is 6.07 Å². The summed E-state index contributed by atoms with van der Waals surface area (Å²) in [7, 11) is 0. The highest BCUT2D eigenvalue weighted by atomic mass is 16.5. The van der Waals surface area contributed by atoms with E-state index in [-0.39, 0.29) is 51.2 Å². The SMILES string of the molecule is Cc1cc(OC(C)C)ccc1-c1cc(O)c2c(c1N)C(=O)c1c(O)ccc(N)c1C2=O. The van der Waals surface area contributed by atoms with Crippen LogP contribution < -0.4 is 16.2 Å². The number of ether oxygens (including phenoxy) is 1. The number of hydrogen-bond acceptors (Lipinski definition) is 7. The molecule has 0 saturated heterocycles. The molecule has 0 fully saturated rings.